The van der Waals surface area contributed by atoms with E-state index in [-0.39, 0.29) is 28.8 Å². The molecule has 1 aliphatic heterocycles. The summed E-state index contributed by atoms with van der Waals surface area (Å²) in [6.45, 7) is 0.358. The van der Waals surface area contributed by atoms with Crippen molar-refractivity contribution in [1.29, 1.82) is 0 Å². The summed E-state index contributed by atoms with van der Waals surface area (Å²) in [5.41, 5.74) is 3.05. The lowest BCUT2D eigenvalue weighted by Crippen LogP contribution is -2.50. The average Bonchev–Trinajstić information content (AvgIpc) is 3.69. The molecule has 0 spiro atoms. The topological polar surface area (TPSA) is 114 Å². The molecule has 2 atom stereocenters. The fraction of sp³-hybridized carbons (Fsp3) is 0.200. The van der Waals surface area contributed by atoms with Crippen molar-refractivity contribution in [2.45, 2.75) is 35.4 Å². The van der Waals surface area contributed by atoms with E-state index in [1.165, 1.54) is 12.1 Å². The van der Waals surface area contributed by atoms with E-state index < -0.39 is 39.2 Å². The monoisotopic (exact) mass is 740 g/mol. The van der Waals surface area contributed by atoms with Crippen molar-refractivity contribution in [1.82, 2.24) is 5.32 Å². The van der Waals surface area contributed by atoms with E-state index in [0.29, 0.717) is 34.9 Å². The van der Waals surface area contributed by atoms with Gasteiger partial charge in [-0.25, -0.2) is 13.4 Å². The predicted octanol–water partition coefficient (Wildman–Crippen LogP) is 7.76. The highest BCUT2D eigenvalue weighted by Gasteiger charge is 2.55. The zero-order valence-corrected chi connectivity index (χ0v) is 29.7. The van der Waals surface area contributed by atoms with E-state index in [1.807, 2.05) is 48.5 Å². The number of halogens is 2. The standard InChI is InChI=1S/C40H34Cl2N2O6S/c41-27-17-20-34(35(42)25-27)37-40(21-24-51(47,48)29-9-2-1-3-10-29,44-38(50-37)26-15-18-28(19-16-26)49-23-8-22-45)39(46)43-36-32-13-6-4-11-30(32)31-12-5-7-14-33(31)36/h1-7,9-20,25,36-37,45H,8,21-24H2,(H,43,46)/t37-,40-/m1/s1. The molecule has 8 nitrogen and oxygen atoms in total. The Hall–Kier alpha value is -4.67. The first kappa shape index (κ1) is 34.8. The molecule has 1 amide bonds. The number of ether oxygens (including phenoxy) is 2. The second-order valence-corrected chi connectivity index (χ2v) is 15.4. The van der Waals surface area contributed by atoms with Gasteiger partial charge >= 0.3 is 0 Å². The molecular weight excluding hydrogens is 707 g/mol. The van der Waals surface area contributed by atoms with Gasteiger partial charge in [-0.1, -0.05) is 96.0 Å². The number of aliphatic hydroxyl groups is 1. The third-order valence-electron chi connectivity index (χ3n) is 9.24. The van der Waals surface area contributed by atoms with Crippen molar-refractivity contribution >= 4 is 44.8 Å². The Kier molecular flexibility index (Phi) is 9.90. The lowest BCUT2D eigenvalue weighted by atomic mass is 9.84. The first-order chi connectivity index (χ1) is 24.7. The summed E-state index contributed by atoms with van der Waals surface area (Å²) in [7, 11) is -3.86. The quantitative estimate of drug-likeness (QED) is 0.126. The van der Waals surface area contributed by atoms with Crippen LogP contribution in [0, 0.1) is 0 Å². The number of aliphatic hydroxyl groups excluding tert-OH is 1. The van der Waals surface area contributed by atoms with Gasteiger partial charge in [0.2, 0.25) is 5.90 Å². The number of nitrogens with one attached hydrogen (secondary N) is 1. The number of hydrogen-bond donors (Lipinski definition) is 2. The molecule has 1 aliphatic carbocycles. The molecule has 2 aliphatic rings. The number of benzene rings is 5. The molecule has 11 heteroatoms. The van der Waals surface area contributed by atoms with E-state index >= 15 is 4.79 Å². The number of nitrogens with zero attached hydrogens (tertiary/aromatic N) is 1. The van der Waals surface area contributed by atoms with Crippen LogP contribution >= 0.6 is 23.2 Å². The fourth-order valence-corrected chi connectivity index (χ4v) is 8.56. The fourth-order valence-electron chi connectivity index (χ4n) is 6.66. The van der Waals surface area contributed by atoms with Crippen LogP contribution in [0.4, 0.5) is 0 Å². The Balaban J connectivity index is 1.34. The summed E-state index contributed by atoms with van der Waals surface area (Å²) >= 11 is 13.1. The molecule has 0 saturated heterocycles. The summed E-state index contributed by atoms with van der Waals surface area (Å²) in [6, 6.07) is 35.3. The van der Waals surface area contributed by atoms with Crippen molar-refractivity contribution in [2.24, 2.45) is 4.99 Å². The first-order valence-corrected chi connectivity index (χ1v) is 18.9. The molecular formula is C40H34Cl2N2O6S. The van der Waals surface area contributed by atoms with Gasteiger partial charge in [0, 0.05) is 40.6 Å². The summed E-state index contributed by atoms with van der Waals surface area (Å²) < 4.78 is 39.9. The molecule has 7 rings (SSSR count). The first-order valence-electron chi connectivity index (χ1n) is 16.5. The molecule has 0 radical (unpaired) electrons. The Morgan fingerprint density at radius 2 is 1.49 bits per heavy atom. The van der Waals surface area contributed by atoms with E-state index in [1.54, 1.807) is 60.7 Å². The van der Waals surface area contributed by atoms with Crippen LogP contribution in [-0.2, 0) is 19.4 Å². The number of carbonyl (C=O) groups is 1. The van der Waals surface area contributed by atoms with E-state index in [9.17, 15) is 8.42 Å². The van der Waals surface area contributed by atoms with Gasteiger partial charge in [-0.15, -0.1) is 0 Å². The van der Waals surface area contributed by atoms with Gasteiger partial charge in [-0.05, 0) is 70.8 Å². The van der Waals surface area contributed by atoms with E-state index in [0.717, 1.165) is 22.3 Å². The van der Waals surface area contributed by atoms with Gasteiger partial charge in [0.1, 0.15) is 5.75 Å². The van der Waals surface area contributed by atoms with Crippen LogP contribution < -0.4 is 10.1 Å². The summed E-state index contributed by atoms with van der Waals surface area (Å²) in [5, 5.41) is 13.0. The van der Waals surface area contributed by atoms with Gasteiger partial charge in [0.15, 0.2) is 21.5 Å². The Morgan fingerprint density at radius 1 is 0.843 bits per heavy atom. The van der Waals surface area contributed by atoms with Crippen LogP contribution in [0.15, 0.2) is 131 Å². The summed E-state index contributed by atoms with van der Waals surface area (Å²) in [6.07, 6.45) is -0.849. The van der Waals surface area contributed by atoms with Crippen molar-refractivity contribution < 1.29 is 27.8 Å². The van der Waals surface area contributed by atoms with Crippen molar-refractivity contribution in [2.75, 3.05) is 19.0 Å². The second-order valence-electron chi connectivity index (χ2n) is 12.4. The van der Waals surface area contributed by atoms with Crippen LogP contribution in [0.25, 0.3) is 11.1 Å². The van der Waals surface area contributed by atoms with Gasteiger partial charge in [-0.3, -0.25) is 4.79 Å². The Morgan fingerprint density at radius 3 is 2.14 bits per heavy atom. The summed E-state index contributed by atoms with van der Waals surface area (Å²) in [5.74, 6) is -0.189. The molecule has 0 unspecified atom stereocenters. The van der Waals surface area contributed by atoms with Crippen LogP contribution in [0.5, 0.6) is 5.75 Å². The SMILES string of the molecule is O=C(NC1c2ccccc2-c2ccccc21)[C@]1(CCS(=O)(=O)c2ccccc2)N=C(c2ccc(OCCCO)cc2)O[C@@H]1c1ccc(Cl)cc1Cl. The van der Waals surface area contributed by atoms with Crippen LogP contribution in [-0.4, -0.2) is 49.8 Å². The maximum atomic E-state index is 15.1. The molecule has 0 bridgehead atoms. The minimum atomic E-state index is -3.86. The predicted molar refractivity (Wildman–Crippen MR) is 198 cm³/mol. The largest absolute Gasteiger partial charge is 0.494 e. The highest BCUT2D eigenvalue weighted by molar-refractivity contribution is 7.91. The highest BCUT2D eigenvalue weighted by Crippen LogP contribution is 2.48. The maximum Gasteiger partial charge on any atom is 0.253 e. The zero-order chi connectivity index (χ0) is 35.6. The molecule has 1 heterocycles. The molecule has 2 N–H and O–H groups in total. The normalized spacial score (nSPS) is 18.0. The molecule has 51 heavy (non-hydrogen) atoms. The molecule has 0 fully saturated rings. The second kappa shape index (κ2) is 14.5. The number of sulfone groups is 1. The van der Waals surface area contributed by atoms with Crippen molar-refractivity contribution in [3.05, 3.63) is 154 Å². The van der Waals surface area contributed by atoms with Crippen LogP contribution in [0.3, 0.4) is 0 Å². The Labute approximate surface area is 306 Å². The van der Waals surface area contributed by atoms with Gasteiger partial charge in [0.25, 0.3) is 5.91 Å². The number of amides is 1. The number of rotatable bonds is 12. The minimum Gasteiger partial charge on any atom is -0.494 e. The molecule has 5 aromatic carbocycles. The number of aliphatic imine (C=N–C) groups is 1. The van der Waals surface area contributed by atoms with Crippen molar-refractivity contribution in [3.8, 4) is 16.9 Å². The lowest BCUT2D eigenvalue weighted by molar-refractivity contribution is -0.129. The molecule has 260 valence electrons. The van der Waals surface area contributed by atoms with E-state index in [4.69, 9.17) is 42.8 Å². The third kappa shape index (κ3) is 6.87. The zero-order valence-electron chi connectivity index (χ0n) is 27.3. The lowest BCUT2D eigenvalue weighted by Gasteiger charge is -2.32. The Bertz CT molecular complexity index is 2170. The van der Waals surface area contributed by atoms with Crippen molar-refractivity contribution in [3.63, 3.8) is 0 Å². The smallest absolute Gasteiger partial charge is 0.253 e. The minimum absolute atomic E-state index is 0.0134. The van der Waals surface area contributed by atoms with Gasteiger partial charge < -0.3 is 19.9 Å². The van der Waals surface area contributed by atoms with Gasteiger partial charge in [-0.2, -0.15) is 0 Å². The van der Waals surface area contributed by atoms with Gasteiger partial charge in [0.05, 0.1) is 23.3 Å². The average molecular weight is 742 g/mol. The molecule has 0 aromatic heterocycles. The highest BCUT2D eigenvalue weighted by atomic mass is 35.5. The van der Waals surface area contributed by atoms with E-state index in [2.05, 4.69) is 5.32 Å². The molecule has 0 saturated carbocycles. The van der Waals surface area contributed by atoms with Crippen LogP contribution in [0.1, 0.15) is 47.2 Å². The number of fused-ring (bicyclic) bond motifs is 3. The number of carbonyl (C=O) groups excluding carboxylic acids is 1. The maximum absolute atomic E-state index is 15.1. The summed E-state index contributed by atoms with van der Waals surface area (Å²) in [4.78, 5) is 20.3. The molecule has 5 aromatic rings. The van der Waals surface area contributed by atoms with Crippen LogP contribution in [0.2, 0.25) is 10.0 Å². The number of hydrogen-bond acceptors (Lipinski definition) is 7. The third-order valence-corrected chi connectivity index (χ3v) is 11.5.